The summed E-state index contributed by atoms with van der Waals surface area (Å²) in [6.45, 7) is 0.732. The Morgan fingerprint density at radius 1 is 1.36 bits per heavy atom. The van der Waals surface area contributed by atoms with Crippen LogP contribution in [0, 0.1) is 10.8 Å². The summed E-state index contributed by atoms with van der Waals surface area (Å²) in [4.78, 5) is 2.45. The van der Waals surface area contributed by atoms with Crippen molar-refractivity contribution in [2.45, 2.75) is 12.7 Å². The number of hydrogen-bond donors (Lipinski definition) is 1. The number of halogens is 1. The Bertz CT molecular complexity index is 313. The fourth-order valence-electron chi connectivity index (χ4n) is 0.967. The van der Waals surface area contributed by atoms with Crippen LogP contribution < -0.4 is 0 Å². The summed E-state index contributed by atoms with van der Waals surface area (Å²) >= 11 is 2.91. The normalized spacial score (nSPS) is 11.6. The van der Waals surface area contributed by atoms with Gasteiger partial charge in [-0.05, 0) is 10.4 Å². The van der Waals surface area contributed by atoms with Crippen molar-refractivity contribution < 1.29 is 9.84 Å². The van der Waals surface area contributed by atoms with E-state index in [1.165, 1.54) is 0 Å². The fraction of sp³-hybridized carbons (Fsp3) is 0.273. The van der Waals surface area contributed by atoms with Crippen LogP contribution >= 0.6 is 15.9 Å². The van der Waals surface area contributed by atoms with Gasteiger partial charge in [0, 0.05) is 15.9 Å². The minimum atomic E-state index is -0.724. The molecule has 0 spiro atoms. The minimum absolute atomic E-state index is 0.230. The van der Waals surface area contributed by atoms with Gasteiger partial charge in [0.1, 0.15) is 6.10 Å². The number of aliphatic hydroxyl groups excluding tert-OH is 1. The van der Waals surface area contributed by atoms with E-state index >= 15 is 0 Å². The highest BCUT2D eigenvalue weighted by Crippen LogP contribution is 2.00. The molecule has 0 aliphatic heterocycles. The number of benzene rings is 1. The lowest BCUT2D eigenvalue weighted by atomic mass is 10.2. The third-order valence-corrected chi connectivity index (χ3v) is 1.84. The van der Waals surface area contributed by atoms with Gasteiger partial charge in [-0.2, -0.15) is 0 Å². The van der Waals surface area contributed by atoms with Crippen molar-refractivity contribution in [2.24, 2.45) is 0 Å². The minimum Gasteiger partial charge on any atom is -0.378 e. The molecule has 74 valence electrons. The predicted octanol–water partition coefficient (Wildman–Crippen LogP) is 1.92. The number of hydrogen-bond acceptors (Lipinski definition) is 2. The average molecular weight is 255 g/mol. The number of ether oxygens (including phenoxy) is 1. The van der Waals surface area contributed by atoms with Crippen molar-refractivity contribution in [3.05, 3.63) is 35.9 Å². The van der Waals surface area contributed by atoms with Crippen LogP contribution in [-0.4, -0.2) is 17.8 Å². The molecule has 0 radical (unpaired) electrons. The maximum Gasteiger partial charge on any atom is 0.138 e. The summed E-state index contributed by atoms with van der Waals surface area (Å²) in [6, 6.07) is 9.81. The van der Waals surface area contributed by atoms with Gasteiger partial charge in [0.15, 0.2) is 0 Å². The standard InChI is InChI=1S/C11H11BrO2/c12-7-6-11(13)9-14-8-10-4-2-1-3-5-10/h1-5,11,13H,8-9H2/t11-/m1/s1. The lowest BCUT2D eigenvalue weighted by Crippen LogP contribution is -2.12. The molecule has 0 bridgehead atoms. The van der Waals surface area contributed by atoms with E-state index in [0.717, 1.165) is 5.56 Å². The molecule has 3 heteroatoms. The zero-order valence-corrected chi connectivity index (χ0v) is 9.20. The second-order valence-corrected chi connectivity index (χ2v) is 3.15. The van der Waals surface area contributed by atoms with E-state index in [0.29, 0.717) is 6.61 Å². The molecule has 0 saturated carbocycles. The first kappa shape index (κ1) is 11.3. The third-order valence-electron chi connectivity index (χ3n) is 1.61. The van der Waals surface area contributed by atoms with E-state index in [9.17, 15) is 5.11 Å². The van der Waals surface area contributed by atoms with Crippen LogP contribution in [0.25, 0.3) is 0 Å². The molecule has 0 aliphatic rings. The topological polar surface area (TPSA) is 29.5 Å². The SMILES string of the molecule is O[C@H](C#CBr)COCc1ccccc1. The Morgan fingerprint density at radius 3 is 2.71 bits per heavy atom. The number of aliphatic hydroxyl groups is 1. The van der Waals surface area contributed by atoms with Crippen LogP contribution in [0.4, 0.5) is 0 Å². The monoisotopic (exact) mass is 254 g/mol. The summed E-state index contributed by atoms with van der Waals surface area (Å²) in [5.41, 5.74) is 1.09. The molecule has 0 unspecified atom stereocenters. The predicted molar refractivity (Wildman–Crippen MR) is 58.8 cm³/mol. The van der Waals surface area contributed by atoms with Crippen molar-refractivity contribution in [3.8, 4) is 10.8 Å². The first-order valence-electron chi connectivity index (χ1n) is 4.24. The molecule has 1 rings (SSSR count). The Kier molecular flexibility index (Phi) is 5.31. The Morgan fingerprint density at radius 2 is 2.07 bits per heavy atom. The van der Waals surface area contributed by atoms with Crippen LogP contribution in [0.3, 0.4) is 0 Å². The van der Waals surface area contributed by atoms with Gasteiger partial charge >= 0.3 is 0 Å². The molecule has 14 heavy (non-hydrogen) atoms. The van der Waals surface area contributed by atoms with E-state index in [1.807, 2.05) is 30.3 Å². The molecule has 1 aromatic carbocycles. The Labute approximate surface area is 92.0 Å². The highest BCUT2D eigenvalue weighted by Gasteiger charge is 1.98. The molecule has 0 aromatic heterocycles. The zero-order chi connectivity index (χ0) is 10.2. The fourth-order valence-corrected chi connectivity index (χ4v) is 1.23. The van der Waals surface area contributed by atoms with Gasteiger partial charge in [0.05, 0.1) is 13.2 Å². The van der Waals surface area contributed by atoms with Crippen molar-refractivity contribution >= 4 is 15.9 Å². The molecular formula is C11H11BrO2. The van der Waals surface area contributed by atoms with Crippen LogP contribution in [-0.2, 0) is 11.3 Å². The number of rotatable bonds is 4. The lowest BCUT2D eigenvalue weighted by Gasteiger charge is -2.05. The van der Waals surface area contributed by atoms with Gasteiger partial charge in [-0.15, -0.1) is 0 Å². The van der Waals surface area contributed by atoms with E-state index in [4.69, 9.17) is 4.74 Å². The molecule has 0 aliphatic carbocycles. The van der Waals surface area contributed by atoms with Crippen molar-refractivity contribution in [1.82, 2.24) is 0 Å². The van der Waals surface area contributed by atoms with Crippen molar-refractivity contribution in [2.75, 3.05) is 6.61 Å². The second-order valence-electron chi connectivity index (χ2n) is 2.76. The average Bonchev–Trinajstić information content (AvgIpc) is 2.20. The Hall–Kier alpha value is -0.820. The van der Waals surface area contributed by atoms with Gasteiger partial charge in [-0.25, -0.2) is 0 Å². The summed E-state index contributed by atoms with van der Waals surface area (Å²) in [5, 5.41) is 9.20. The maximum absolute atomic E-state index is 9.20. The molecule has 0 saturated heterocycles. The van der Waals surface area contributed by atoms with Gasteiger partial charge in [-0.3, -0.25) is 0 Å². The highest BCUT2D eigenvalue weighted by molar-refractivity contribution is 9.12. The molecule has 2 nitrogen and oxygen atoms in total. The maximum atomic E-state index is 9.20. The largest absolute Gasteiger partial charge is 0.378 e. The van der Waals surface area contributed by atoms with Crippen LogP contribution in [0.5, 0.6) is 0 Å². The van der Waals surface area contributed by atoms with Crippen LogP contribution in [0.1, 0.15) is 5.56 Å². The summed E-state index contributed by atoms with van der Waals surface area (Å²) < 4.78 is 5.26. The molecule has 1 atom stereocenters. The quantitative estimate of drug-likeness (QED) is 0.833. The van der Waals surface area contributed by atoms with Crippen molar-refractivity contribution in [3.63, 3.8) is 0 Å². The molecular weight excluding hydrogens is 244 g/mol. The summed E-state index contributed by atoms with van der Waals surface area (Å²) in [7, 11) is 0. The van der Waals surface area contributed by atoms with Gasteiger partial charge in [0.2, 0.25) is 0 Å². The summed E-state index contributed by atoms with van der Waals surface area (Å²) in [6.07, 6.45) is -0.724. The van der Waals surface area contributed by atoms with E-state index < -0.39 is 6.10 Å². The molecule has 0 fully saturated rings. The molecule has 1 N–H and O–H groups in total. The van der Waals surface area contributed by atoms with Crippen molar-refractivity contribution in [1.29, 1.82) is 0 Å². The zero-order valence-electron chi connectivity index (χ0n) is 7.61. The first-order chi connectivity index (χ1) is 6.83. The smallest absolute Gasteiger partial charge is 0.138 e. The van der Waals surface area contributed by atoms with E-state index in [-0.39, 0.29) is 6.61 Å². The summed E-state index contributed by atoms with van der Waals surface area (Å²) in [5.74, 6) is 2.53. The highest BCUT2D eigenvalue weighted by atomic mass is 79.9. The third kappa shape index (κ3) is 4.43. The van der Waals surface area contributed by atoms with E-state index in [1.54, 1.807) is 0 Å². The van der Waals surface area contributed by atoms with Gasteiger partial charge in [-0.1, -0.05) is 36.3 Å². The van der Waals surface area contributed by atoms with Gasteiger partial charge < -0.3 is 9.84 Å². The van der Waals surface area contributed by atoms with Crippen LogP contribution in [0.15, 0.2) is 30.3 Å². The van der Waals surface area contributed by atoms with Crippen LogP contribution in [0.2, 0.25) is 0 Å². The molecule has 0 amide bonds. The second kappa shape index (κ2) is 6.61. The first-order valence-corrected chi connectivity index (χ1v) is 5.03. The lowest BCUT2D eigenvalue weighted by molar-refractivity contribution is 0.0544. The Balaban J connectivity index is 2.24. The molecule has 1 aromatic rings. The van der Waals surface area contributed by atoms with Gasteiger partial charge in [0.25, 0.3) is 0 Å². The van der Waals surface area contributed by atoms with E-state index in [2.05, 4.69) is 26.7 Å². The molecule has 0 heterocycles.